The Morgan fingerprint density at radius 3 is 2.18 bits per heavy atom. The van der Waals surface area contributed by atoms with Gasteiger partial charge in [-0.15, -0.1) is 0 Å². The molecule has 1 aliphatic rings. The molecular formula is C15H30O2. The quantitative estimate of drug-likeness (QED) is 0.700. The maximum atomic E-state index is 6.00. The average Bonchev–Trinajstić information content (AvgIpc) is 2.12. The molecular weight excluding hydrogens is 212 g/mol. The summed E-state index contributed by atoms with van der Waals surface area (Å²) in [5, 5.41) is 0. The number of ether oxygens (including phenoxy) is 2. The van der Waals surface area contributed by atoms with Crippen molar-refractivity contribution in [3.8, 4) is 0 Å². The molecule has 0 aromatic rings. The van der Waals surface area contributed by atoms with Crippen LogP contribution in [-0.4, -0.2) is 24.9 Å². The largest absolute Gasteiger partial charge is 0.377 e. The molecule has 0 saturated carbocycles. The Hall–Kier alpha value is -0.0800. The van der Waals surface area contributed by atoms with Crippen molar-refractivity contribution in [1.29, 1.82) is 0 Å². The fraction of sp³-hybridized carbons (Fsp3) is 1.00. The third-order valence-electron chi connectivity index (χ3n) is 3.58. The topological polar surface area (TPSA) is 18.5 Å². The van der Waals surface area contributed by atoms with Gasteiger partial charge >= 0.3 is 0 Å². The minimum atomic E-state index is -0.01000. The van der Waals surface area contributed by atoms with Crippen molar-refractivity contribution in [2.45, 2.75) is 72.5 Å². The highest BCUT2D eigenvalue weighted by atomic mass is 16.5. The van der Waals surface area contributed by atoms with Crippen molar-refractivity contribution in [3.63, 3.8) is 0 Å². The Labute approximate surface area is 107 Å². The van der Waals surface area contributed by atoms with E-state index in [0.717, 1.165) is 38.4 Å². The van der Waals surface area contributed by atoms with Crippen LogP contribution >= 0.6 is 0 Å². The van der Waals surface area contributed by atoms with E-state index in [1.165, 1.54) is 0 Å². The molecule has 2 atom stereocenters. The van der Waals surface area contributed by atoms with Crippen LogP contribution in [0, 0.1) is 11.3 Å². The number of hydrogen-bond donors (Lipinski definition) is 0. The summed E-state index contributed by atoms with van der Waals surface area (Å²) in [7, 11) is 0. The highest BCUT2D eigenvalue weighted by molar-refractivity contribution is 4.79. The van der Waals surface area contributed by atoms with Crippen molar-refractivity contribution >= 4 is 0 Å². The van der Waals surface area contributed by atoms with Gasteiger partial charge in [0.2, 0.25) is 0 Å². The molecule has 2 unspecified atom stereocenters. The SMILES string of the molecule is CC1COC1CCC(C)(C)OCCC(C)(C)C. The third-order valence-corrected chi connectivity index (χ3v) is 3.58. The highest BCUT2D eigenvalue weighted by Crippen LogP contribution is 2.28. The molecule has 1 saturated heterocycles. The van der Waals surface area contributed by atoms with Crippen LogP contribution in [0.1, 0.15) is 60.8 Å². The Bertz CT molecular complexity index is 228. The zero-order valence-corrected chi connectivity index (χ0v) is 12.5. The van der Waals surface area contributed by atoms with E-state index in [1.807, 2.05) is 0 Å². The molecule has 1 fully saturated rings. The predicted octanol–water partition coefficient (Wildman–Crippen LogP) is 4.03. The lowest BCUT2D eigenvalue weighted by Crippen LogP contribution is -2.39. The second kappa shape index (κ2) is 5.71. The van der Waals surface area contributed by atoms with Gasteiger partial charge in [0, 0.05) is 12.5 Å². The van der Waals surface area contributed by atoms with E-state index in [-0.39, 0.29) is 5.60 Å². The molecule has 1 aliphatic heterocycles. The summed E-state index contributed by atoms with van der Waals surface area (Å²) >= 11 is 0. The van der Waals surface area contributed by atoms with E-state index in [9.17, 15) is 0 Å². The summed E-state index contributed by atoms with van der Waals surface area (Å²) in [5.41, 5.74) is 0.353. The van der Waals surface area contributed by atoms with Crippen molar-refractivity contribution < 1.29 is 9.47 Å². The Balaban J connectivity index is 2.16. The van der Waals surface area contributed by atoms with Crippen LogP contribution in [0.25, 0.3) is 0 Å². The molecule has 1 rings (SSSR count). The van der Waals surface area contributed by atoms with Gasteiger partial charge in [0.25, 0.3) is 0 Å². The molecule has 0 bridgehead atoms. The standard InChI is InChI=1S/C15H30O2/c1-12-11-16-13(12)7-8-15(5,6)17-10-9-14(2,3)4/h12-13H,7-11H2,1-6H3. The monoisotopic (exact) mass is 242 g/mol. The van der Waals surface area contributed by atoms with Gasteiger partial charge in [0.15, 0.2) is 0 Å². The molecule has 0 aliphatic carbocycles. The summed E-state index contributed by atoms with van der Waals surface area (Å²) < 4.78 is 11.5. The summed E-state index contributed by atoms with van der Waals surface area (Å²) in [6, 6.07) is 0. The van der Waals surface area contributed by atoms with Crippen LogP contribution in [0.4, 0.5) is 0 Å². The molecule has 1 heterocycles. The van der Waals surface area contributed by atoms with Gasteiger partial charge in [-0.25, -0.2) is 0 Å². The van der Waals surface area contributed by atoms with Crippen LogP contribution in [0.5, 0.6) is 0 Å². The number of rotatable bonds is 6. The maximum Gasteiger partial charge on any atom is 0.0627 e. The van der Waals surface area contributed by atoms with E-state index in [4.69, 9.17) is 9.47 Å². The molecule has 0 aromatic heterocycles. The molecule has 102 valence electrons. The first-order valence-corrected chi connectivity index (χ1v) is 6.95. The van der Waals surface area contributed by atoms with Gasteiger partial charge in [-0.3, -0.25) is 0 Å². The second-order valence-corrected chi connectivity index (χ2v) is 7.31. The molecule has 0 spiro atoms. The van der Waals surface area contributed by atoms with Crippen molar-refractivity contribution in [1.82, 2.24) is 0 Å². The fourth-order valence-corrected chi connectivity index (χ4v) is 1.99. The minimum absolute atomic E-state index is 0.01000. The lowest BCUT2D eigenvalue weighted by atomic mass is 9.90. The first-order chi connectivity index (χ1) is 7.70. The van der Waals surface area contributed by atoms with E-state index >= 15 is 0 Å². The first kappa shape index (κ1) is 15.0. The molecule has 0 radical (unpaired) electrons. The van der Waals surface area contributed by atoms with Gasteiger partial charge in [-0.2, -0.15) is 0 Å². The van der Waals surface area contributed by atoms with E-state index < -0.39 is 0 Å². The van der Waals surface area contributed by atoms with Crippen LogP contribution in [-0.2, 0) is 9.47 Å². The molecule has 0 N–H and O–H groups in total. The summed E-state index contributed by atoms with van der Waals surface area (Å²) in [6.45, 7) is 15.2. The fourth-order valence-electron chi connectivity index (χ4n) is 1.99. The molecule has 17 heavy (non-hydrogen) atoms. The second-order valence-electron chi connectivity index (χ2n) is 7.31. The Morgan fingerprint density at radius 1 is 1.12 bits per heavy atom. The maximum absolute atomic E-state index is 6.00. The zero-order chi connectivity index (χ0) is 13.1. The summed E-state index contributed by atoms with van der Waals surface area (Å²) in [4.78, 5) is 0. The normalized spacial score (nSPS) is 25.8. The average molecular weight is 242 g/mol. The van der Waals surface area contributed by atoms with Gasteiger partial charge in [-0.1, -0.05) is 27.7 Å². The molecule has 2 heteroatoms. The van der Waals surface area contributed by atoms with E-state index in [1.54, 1.807) is 0 Å². The molecule has 0 amide bonds. The van der Waals surface area contributed by atoms with Crippen LogP contribution in [0.15, 0.2) is 0 Å². The Morgan fingerprint density at radius 2 is 1.76 bits per heavy atom. The first-order valence-electron chi connectivity index (χ1n) is 6.95. The van der Waals surface area contributed by atoms with Gasteiger partial charge in [-0.05, 0) is 38.5 Å². The third kappa shape index (κ3) is 5.87. The van der Waals surface area contributed by atoms with Gasteiger partial charge in [0.1, 0.15) is 0 Å². The van der Waals surface area contributed by atoms with Gasteiger partial charge < -0.3 is 9.47 Å². The lowest BCUT2D eigenvalue weighted by Gasteiger charge is -2.37. The predicted molar refractivity (Wildman–Crippen MR) is 72.2 cm³/mol. The van der Waals surface area contributed by atoms with Crippen molar-refractivity contribution in [2.24, 2.45) is 11.3 Å². The smallest absolute Gasteiger partial charge is 0.0627 e. The molecule has 2 nitrogen and oxygen atoms in total. The van der Waals surface area contributed by atoms with Crippen LogP contribution in [0.2, 0.25) is 0 Å². The number of hydrogen-bond acceptors (Lipinski definition) is 2. The van der Waals surface area contributed by atoms with Crippen LogP contribution in [0.3, 0.4) is 0 Å². The Kier molecular flexibility index (Phi) is 5.03. The minimum Gasteiger partial charge on any atom is -0.377 e. The van der Waals surface area contributed by atoms with E-state index in [2.05, 4.69) is 41.5 Å². The molecule has 0 aromatic carbocycles. The lowest BCUT2D eigenvalue weighted by molar-refractivity contribution is -0.122. The van der Waals surface area contributed by atoms with Crippen LogP contribution < -0.4 is 0 Å². The van der Waals surface area contributed by atoms with Crippen molar-refractivity contribution in [3.05, 3.63) is 0 Å². The zero-order valence-electron chi connectivity index (χ0n) is 12.5. The highest BCUT2D eigenvalue weighted by Gasteiger charge is 2.30. The van der Waals surface area contributed by atoms with Gasteiger partial charge in [0.05, 0.1) is 18.3 Å². The summed E-state index contributed by atoms with van der Waals surface area (Å²) in [5.74, 6) is 0.736. The summed E-state index contributed by atoms with van der Waals surface area (Å²) in [6.07, 6.45) is 3.81. The van der Waals surface area contributed by atoms with Crippen molar-refractivity contribution in [2.75, 3.05) is 13.2 Å². The van der Waals surface area contributed by atoms with E-state index in [0.29, 0.717) is 11.5 Å².